The van der Waals surface area contributed by atoms with Crippen LogP contribution in [0.15, 0.2) is 24.8 Å². The van der Waals surface area contributed by atoms with Crippen molar-refractivity contribution in [2.24, 2.45) is 0 Å². The van der Waals surface area contributed by atoms with Crippen molar-refractivity contribution in [3.05, 3.63) is 24.8 Å². The molecule has 0 aromatic carbocycles. The van der Waals surface area contributed by atoms with Crippen LogP contribution in [-0.2, 0) is 9.47 Å². The van der Waals surface area contributed by atoms with Crippen LogP contribution in [0.4, 0.5) is 0 Å². The van der Waals surface area contributed by atoms with Crippen LogP contribution in [0.5, 0.6) is 0 Å². The molecule has 2 aliphatic rings. The zero-order valence-electron chi connectivity index (χ0n) is 9.59. The van der Waals surface area contributed by atoms with Gasteiger partial charge in [0.15, 0.2) is 5.79 Å². The molecule has 1 aliphatic heterocycles. The molecule has 1 heterocycles. The lowest BCUT2D eigenvalue weighted by Crippen LogP contribution is -2.57. The molecule has 0 spiro atoms. The fourth-order valence-electron chi connectivity index (χ4n) is 2.33. The van der Waals surface area contributed by atoms with Gasteiger partial charge in [-0.2, -0.15) is 0 Å². The Bertz CT molecular complexity index is 323. The molecule has 4 nitrogen and oxygen atoms in total. The lowest BCUT2D eigenvalue weighted by atomic mass is 9.80. The van der Waals surface area contributed by atoms with Crippen molar-refractivity contribution in [3.8, 4) is 0 Å². The molecular weight excluding hydrogens is 208 g/mol. The predicted molar refractivity (Wildman–Crippen MR) is 58.7 cm³/mol. The maximum atomic E-state index is 10.5. The van der Waals surface area contributed by atoms with E-state index in [1.165, 1.54) is 0 Å². The quantitative estimate of drug-likeness (QED) is 0.682. The first-order valence-corrected chi connectivity index (χ1v) is 5.44. The number of hydrogen-bond donors (Lipinski definition) is 2. The topological polar surface area (TPSA) is 58.9 Å². The molecule has 0 aromatic heterocycles. The standard InChI is InChI=1S/C12H18O4/c1-4-7-12(14)9(13)6-5-8-10(12)16-11(2,3)15-8/h4-6,8-10,13-14H,1,7H2,2-3H3/t8-,9+,10-,12+/m0/s1. The van der Waals surface area contributed by atoms with Crippen molar-refractivity contribution in [2.45, 2.75) is 50.0 Å². The second-order valence-electron chi connectivity index (χ2n) is 4.83. The monoisotopic (exact) mass is 226 g/mol. The van der Waals surface area contributed by atoms with Crippen LogP contribution in [0, 0.1) is 0 Å². The average Bonchev–Trinajstić information content (AvgIpc) is 2.50. The molecule has 16 heavy (non-hydrogen) atoms. The molecule has 0 bridgehead atoms. The van der Waals surface area contributed by atoms with Crippen LogP contribution in [0.25, 0.3) is 0 Å². The summed E-state index contributed by atoms with van der Waals surface area (Å²) in [6, 6.07) is 0. The third kappa shape index (κ3) is 1.72. The molecule has 0 saturated carbocycles. The summed E-state index contributed by atoms with van der Waals surface area (Å²) < 4.78 is 11.3. The van der Waals surface area contributed by atoms with Crippen molar-refractivity contribution in [1.82, 2.24) is 0 Å². The minimum Gasteiger partial charge on any atom is -0.386 e. The van der Waals surface area contributed by atoms with E-state index in [1.807, 2.05) is 0 Å². The highest BCUT2D eigenvalue weighted by Crippen LogP contribution is 2.40. The van der Waals surface area contributed by atoms with Crippen LogP contribution in [-0.4, -0.2) is 39.9 Å². The molecule has 0 unspecified atom stereocenters. The maximum absolute atomic E-state index is 10.5. The number of rotatable bonds is 2. The van der Waals surface area contributed by atoms with Gasteiger partial charge in [0, 0.05) is 0 Å². The molecule has 1 fully saturated rings. The van der Waals surface area contributed by atoms with E-state index in [1.54, 1.807) is 32.1 Å². The number of fused-ring (bicyclic) bond motifs is 1. The molecule has 0 aromatic rings. The van der Waals surface area contributed by atoms with Gasteiger partial charge >= 0.3 is 0 Å². The number of hydrogen-bond acceptors (Lipinski definition) is 4. The summed E-state index contributed by atoms with van der Waals surface area (Å²) in [5, 5.41) is 20.3. The number of aliphatic hydroxyl groups is 2. The number of aliphatic hydroxyl groups excluding tert-OH is 1. The van der Waals surface area contributed by atoms with Crippen molar-refractivity contribution < 1.29 is 19.7 Å². The Morgan fingerprint density at radius 2 is 2.06 bits per heavy atom. The third-order valence-corrected chi connectivity index (χ3v) is 3.09. The Balaban J connectivity index is 2.31. The maximum Gasteiger partial charge on any atom is 0.164 e. The van der Waals surface area contributed by atoms with E-state index in [9.17, 15) is 10.2 Å². The second-order valence-corrected chi connectivity index (χ2v) is 4.83. The van der Waals surface area contributed by atoms with Crippen molar-refractivity contribution in [3.63, 3.8) is 0 Å². The third-order valence-electron chi connectivity index (χ3n) is 3.09. The zero-order chi connectivity index (χ0) is 12.0. The van der Waals surface area contributed by atoms with Gasteiger partial charge in [0.05, 0.1) is 0 Å². The highest BCUT2D eigenvalue weighted by atomic mass is 16.8. The fraction of sp³-hybridized carbons (Fsp3) is 0.667. The van der Waals surface area contributed by atoms with E-state index < -0.39 is 23.6 Å². The Morgan fingerprint density at radius 1 is 1.38 bits per heavy atom. The van der Waals surface area contributed by atoms with Crippen molar-refractivity contribution in [2.75, 3.05) is 0 Å². The summed E-state index contributed by atoms with van der Waals surface area (Å²) in [6.07, 6.45) is 3.30. The van der Waals surface area contributed by atoms with Gasteiger partial charge in [-0.05, 0) is 20.3 Å². The summed E-state index contributed by atoms with van der Waals surface area (Å²) in [6.45, 7) is 7.18. The summed E-state index contributed by atoms with van der Waals surface area (Å²) in [4.78, 5) is 0. The molecule has 90 valence electrons. The molecule has 4 atom stereocenters. The van der Waals surface area contributed by atoms with Gasteiger partial charge in [0.25, 0.3) is 0 Å². The highest BCUT2D eigenvalue weighted by molar-refractivity contribution is 5.19. The lowest BCUT2D eigenvalue weighted by molar-refractivity contribution is -0.186. The Labute approximate surface area is 95.2 Å². The minimum atomic E-state index is -1.35. The largest absolute Gasteiger partial charge is 0.386 e. The Hall–Kier alpha value is -0.680. The first-order chi connectivity index (χ1) is 7.39. The van der Waals surface area contributed by atoms with Crippen LogP contribution < -0.4 is 0 Å². The van der Waals surface area contributed by atoms with Crippen molar-refractivity contribution in [1.29, 1.82) is 0 Å². The van der Waals surface area contributed by atoms with Gasteiger partial charge in [0.1, 0.15) is 23.9 Å². The van der Waals surface area contributed by atoms with Gasteiger partial charge in [-0.3, -0.25) is 0 Å². The van der Waals surface area contributed by atoms with Crippen LogP contribution in [0.2, 0.25) is 0 Å². The zero-order valence-corrected chi connectivity index (χ0v) is 9.59. The van der Waals surface area contributed by atoms with Crippen molar-refractivity contribution >= 4 is 0 Å². The Morgan fingerprint density at radius 3 is 2.69 bits per heavy atom. The fourth-order valence-corrected chi connectivity index (χ4v) is 2.33. The first-order valence-electron chi connectivity index (χ1n) is 5.44. The van der Waals surface area contributed by atoms with Crippen LogP contribution >= 0.6 is 0 Å². The lowest BCUT2D eigenvalue weighted by Gasteiger charge is -2.39. The highest BCUT2D eigenvalue weighted by Gasteiger charge is 2.55. The first kappa shape index (κ1) is 11.8. The van der Waals surface area contributed by atoms with Gasteiger partial charge in [-0.1, -0.05) is 18.2 Å². The van der Waals surface area contributed by atoms with Gasteiger partial charge in [-0.15, -0.1) is 6.58 Å². The summed E-state index contributed by atoms with van der Waals surface area (Å²) in [5.74, 6) is -0.737. The normalized spacial score (nSPS) is 45.4. The van der Waals surface area contributed by atoms with E-state index in [-0.39, 0.29) is 12.5 Å². The molecule has 0 amide bonds. The molecule has 4 heteroatoms. The Kier molecular flexibility index (Phi) is 2.70. The average molecular weight is 226 g/mol. The van der Waals surface area contributed by atoms with E-state index in [2.05, 4.69) is 6.58 Å². The van der Waals surface area contributed by atoms with E-state index in [4.69, 9.17) is 9.47 Å². The van der Waals surface area contributed by atoms with Gasteiger partial charge < -0.3 is 19.7 Å². The van der Waals surface area contributed by atoms with E-state index >= 15 is 0 Å². The molecule has 2 rings (SSSR count). The molecule has 1 saturated heterocycles. The predicted octanol–water partition coefficient (Wildman–Crippen LogP) is 0.744. The van der Waals surface area contributed by atoms with Gasteiger partial charge in [0.2, 0.25) is 0 Å². The van der Waals surface area contributed by atoms with E-state index in [0.717, 1.165) is 0 Å². The minimum absolute atomic E-state index is 0.263. The SMILES string of the molecule is C=CC[C@@]1(O)[C@H](O)C=C[C@@H]2OC(C)(C)O[C@@H]21. The molecule has 2 N–H and O–H groups in total. The smallest absolute Gasteiger partial charge is 0.164 e. The van der Waals surface area contributed by atoms with Gasteiger partial charge in [-0.25, -0.2) is 0 Å². The summed E-state index contributed by atoms with van der Waals surface area (Å²) in [7, 11) is 0. The molecule has 1 aliphatic carbocycles. The van der Waals surface area contributed by atoms with E-state index in [0.29, 0.717) is 0 Å². The second kappa shape index (κ2) is 3.67. The van der Waals surface area contributed by atoms with Crippen LogP contribution in [0.1, 0.15) is 20.3 Å². The van der Waals surface area contributed by atoms with Crippen LogP contribution in [0.3, 0.4) is 0 Å². The molecule has 0 radical (unpaired) electrons. The number of ether oxygens (including phenoxy) is 2. The summed E-state index contributed by atoms with van der Waals surface area (Å²) >= 11 is 0. The molecular formula is C12H18O4. The summed E-state index contributed by atoms with van der Waals surface area (Å²) in [5.41, 5.74) is -1.35.